The second-order valence-corrected chi connectivity index (χ2v) is 8.36. The van der Waals surface area contributed by atoms with E-state index in [1.165, 1.54) is 0 Å². The van der Waals surface area contributed by atoms with Gasteiger partial charge in [-0.05, 0) is 48.6 Å². The highest BCUT2D eigenvalue weighted by molar-refractivity contribution is 7.08. The number of carbonyl (C=O) groups excluding carboxylic acids is 1. The van der Waals surface area contributed by atoms with E-state index in [4.69, 9.17) is 4.98 Å². The summed E-state index contributed by atoms with van der Waals surface area (Å²) < 4.78 is 2.09. The maximum absolute atomic E-state index is 12.8. The molecule has 0 N–H and O–H groups in total. The molecule has 1 amide bonds. The number of rotatable bonds is 2. The van der Waals surface area contributed by atoms with Crippen LogP contribution in [0.25, 0.3) is 16.7 Å². The predicted octanol–water partition coefficient (Wildman–Crippen LogP) is 4.08. The summed E-state index contributed by atoms with van der Waals surface area (Å²) in [5.74, 6) is 1.13. The highest BCUT2D eigenvalue weighted by Gasteiger charge is 2.24. The number of fused-ring (bicyclic) bond motifs is 3. The number of thiophene rings is 1. The van der Waals surface area contributed by atoms with Gasteiger partial charge in [-0.25, -0.2) is 4.98 Å². The van der Waals surface area contributed by atoms with Crippen LogP contribution in [0.2, 0.25) is 0 Å². The van der Waals surface area contributed by atoms with Crippen molar-refractivity contribution < 1.29 is 4.79 Å². The van der Waals surface area contributed by atoms with Crippen LogP contribution in [0.5, 0.6) is 0 Å². The first-order valence-electron chi connectivity index (χ1n) is 10.0. The average Bonchev–Trinajstić information content (AvgIpc) is 3.35. The van der Waals surface area contributed by atoms with E-state index in [-0.39, 0.29) is 5.91 Å². The first-order valence-corrected chi connectivity index (χ1v) is 11.0. The molecule has 0 aliphatic carbocycles. The van der Waals surface area contributed by atoms with Crippen LogP contribution in [0, 0.1) is 18.3 Å². The number of nitrogens with zero attached hydrogens (tertiary/aromatic N) is 5. The maximum atomic E-state index is 12.8. The number of carbonyl (C=O) groups is 1. The van der Waals surface area contributed by atoms with Crippen molar-refractivity contribution in [3.8, 4) is 6.07 Å². The number of pyridine rings is 1. The summed E-state index contributed by atoms with van der Waals surface area (Å²) in [6.45, 7) is 4.96. The molecule has 6 nitrogen and oxygen atoms in total. The maximum Gasteiger partial charge on any atom is 0.254 e. The molecule has 0 unspecified atom stereocenters. The molecule has 1 aliphatic heterocycles. The molecule has 7 heteroatoms. The van der Waals surface area contributed by atoms with E-state index >= 15 is 0 Å². The van der Waals surface area contributed by atoms with Gasteiger partial charge >= 0.3 is 0 Å². The number of nitriles is 1. The van der Waals surface area contributed by atoms with Crippen LogP contribution in [0.15, 0.2) is 47.2 Å². The zero-order chi connectivity index (χ0) is 20.7. The topological polar surface area (TPSA) is 64.6 Å². The van der Waals surface area contributed by atoms with Crippen molar-refractivity contribution in [2.24, 2.45) is 0 Å². The normalized spacial score (nSPS) is 14.8. The Balaban J connectivity index is 1.55. The summed E-state index contributed by atoms with van der Waals surface area (Å²) >= 11 is 1.55. The molecular formula is C23H21N5OS. The lowest BCUT2D eigenvalue weighted by atomic mass is 10.1. The molecule has 1 fully saturated rings. The van der Waals surface area contributed by atoms with Crippen molar-refractivity contribution in [2.45, 2.75) is 13.3 Å². The number of hydrogen-bond acceptors (Lipinski definition) is 5. The van der Waals surface area contributed by atoms with Crippen molar-refractivity contribution in [1.82, 2.24) is 14.3 Å². The largest absolute Gasteiger partial charge is 0.356 e. The number of imidazole rings is 1. The van der Waals surface area contributed by atoms with Crippen molar-refractivity contribution >= 4 is 39.7 Å². The second-order valence-electron chi connectivity index (χ2n) is 7.58. The van der Waals surface area contributed by atoms with Gasteiger partial charge in [0.25, 0.3) is 5.91 Å². The Hall–Kier alpha value is -3.37. The third-order valence-electron chi connectivity index (χ3n) is 5.74. The van der Waals surface area contributed by atoms with Crippen molar-refractivity contribution in [1.29, 1.82) is 5.26 Å². The molecule has 0 bridgehead atoms. The fourth-order valence-corrected chi connectivity index (χ4v) is 4.85. The Morgan fingerprint density at radius 3 is 2.83 bits per heavy atom. The first-order chi connectivity index (χ1) is 14.7. The van der Waals surface area contributed by atoms with Gasteiger partial charge in [-0.1, -0.05) is 12.1 Å². The number of aromatic nitrogens is 2. The molecule has 1 saturated heterocycles. The molecule has 30 heavy (non-hydrogen) atoms. The van der Waals surface area contributed by atoms with Crippen LogP contribution in [0.3, 0.4) is 0 Å². The quantitative estimate of drug-likeness (QED) is 0.495. The van der Waals surface area contributed by atoms with Gasteiger partial charge in [-0.2, -0.15) is 16.6 Å². The highest BCUT2D eigenvalue weighted by Crippen LogP contribution is 2.29. The number of aryl methyl sites for hydroxylation is 1. The van der Waals surface area contributed by atoms with Crippen LogP contribution in [0.1, 0.15) is 27.9 Å². The molecule has 0 spiro atoms. The third-order valence-corrected chi connectivity index (χ3v) is 6.42. The second kappa shape index (κ2) is 7.47. The molecule has 0 atom stereocenters. The van der Waals surface area contributed by atoms with Gasteiger partial charge in [0, 0.05) is 31.6 Å². The predicted molar refractivity (Wildman–Crippen MR) is 119 cm³/mol. The van der Waals surface area contributed by atoms with E-state index < -0.39 is 0 Å². The van der Waals surface area contributed by atoms with E-state index in [1.807, 2.05) is 52.9 Å². The van der Waals surface area contributed by atoms with Crippen molar-refractivity contribution in [3.63, 3.8) is 0 Å². The number of hydrogen-bond donors (Lipinski definition) is 0. The lowest BCUT2D eigenvalue weighted by Crippen LogP contribution is -2.35. The van der Waals surface area contributed by atoms with Gasteiger partial charge in [0.2, 0.25) is 0 Å². The molecule has 3 aromatic heterocycles. The van der Waals surface area contributed by atoms with Crippen LogP contribution in [-0.4, -0.2) is 46.4 Å². The molecule has 1 aromatic carbocycles. The smallest absolute Gasteiger partial charge is 0.254 e. The minimum atomic E-state index is 0.104. The van der Waals surface area contributed by atoms with Gasteiger partial charge in [-0.15, -0.1) is 0 Å². The summed E-state index contributed by atoms with van der Waals surface area (Å²) in [7, 11) is 0. The van der Waals surface area contributed by atoms with Gasteiger partial charge < -0.3 is 9.80 Å². The van der Waals surface area contributed by atoms with E-state index in [1.54, 1.807) is 11.3 Å². The minimum Gasteiger partial charge on any atom is -0.356 e. The van der Waals surface area contributed by atoms with E-state index in [2.05, 4.69) is 21.4 Å². The standard InChI is InChI=1S/C23H21N5OS/c1-16-13-21(28-20-6-3-2-5-19(20)25-22(28)18(16)14-24)26-8-4-9-27(11-10-26)23(29)17-7-12-30-15-17/h2-3,5-7,12-13,15H,4,8-11H2,1H3. The summed E-state index contributed by atoms with van der Waals surface area (Å²) in [6, 6.07) is 14.3. The van der Waals surface area contributed by atoms with Crippen LogP contribution in [-0.2, 0) is 0 Å². The molecule has 150 valence electrons. The fourth-order valence-electron chi connectivity index (χ4n) is 4.22. The van der Waals surface area contributed by atoms with Crippen molar-refractivity contribution in [2.75, 3.05) is 31.1 Å². The van der Waals surface area contributed by atoms with E-state index in [0.717, 1.165) is 54.0 Å². The Morgan fingerprint density at radius 1 is 1.17 bits per heavy atom. The van der Waals surface area contributed by atoms with Crippen LogP contribution >= 0.6 is 11.3 Å². The van der Waals surface area contributed by atoms with E-state index in [9.17, 15) is 10.1 Å². The zero-order valence-corrected chi connectivity index (χ0v) is 17.5. The zero-order valence-electron chi connectivity index (χ0n) is 16.7. The molecule has 0 radical (unpaired) electrons. The third kappa shape index (κ3) is 3.01. The molecule has 4 heterocycles. The minimum absolute atomic E-state index is 0.104. The number of amides is 1. The molecule has 0 saturated carbocycles. The summed E-state index contributed by atoms with van der Waals surface area (Å²) in [5, 5.41) is 13.6. The summed E-state index contributed by atoms with van der Waals surface area (Å²) in [6.07, 6.45) is 0.892. The Labute approximate surface area is 178 Å². The lowest BCUT2D eigenvalue weighted by molar-refractivity contribution is 0.0767. The number of para-hydroxylation sites is 2. The molecule has 4 aromatic rings. The van der Waals surface area contributed by atoms with Gasteiger partial charge in [0.05, 0.1) is 22.2 Å². The summed E-state index contributed by atoms with van der Waals surface area (Å²) in [4.78, 5) is 21.8. The number of anilines is 1. The molecule has 1 aliphatic rings. The highest BCUT2D eigenvalue weighted by atomic mass is 32.1. The van der Waals surface area contributed by atoms with Crippen LogP contribution in [0.4, 0.5) is 5.82 Å². The van der Waals surface area contributed by atoms with Gasteiger partial charge in [-0.3, -0.25) is 9.20 Å². The van der Waals surface area contributed by atoms with Gasteiger partial charge in [0.1, 0.15) is 11.9 Å². The number of benzene rings is 1. The Morgan fingerprint density at radius 2 is 2.03 bits per heavy atom. The van der Waals surface area contributed by atoms with Crippen molar-refractivity contribution in [3.05, 3.63) is 63.8 Å². The Kier molecular flexibility index (Phi) is 4.64. The first kappa shape index (κ1) is 18.6. The SMILES string of the molecule is Cc1cc(N2CCCN(C(=O)c3ccsc3)CC2)n2c(nc3ccccc32)c1C#N. The van der Waals surface area contributed by atoms with E-state index in [0.29, 0.717) is 17.8 Å². The lowest BCUT2D eigenvalue weighted by Gasteiger charge is -2.25. The van der Waals surface area contributed by atoms with Crippen LogP contribution < -0.4 is 4.90 Å². The molecule has 5 rings (SSSR count). The molecular weight excluding hydrogens is 394 g/mol. The summed E-state index contributed by atoms with van der Waals surface area (Å²) in [5.41, 5.74) is 4.87. The fraction of sp³-hybridized carbons (Fsp3) is 0.261. The average molecular weight is 416 g/mol. The van der Waals surface area contributed by atoms with Gasteiger partial charge in [0.15, 0.2) is 5.65 Å². The monoisotopic (exact) mass is 415 g/mol. The Bertz CT molecular complexity index is 1280.